The molecule has 13 heavy (non-hydrogen) atoms. The lowest BCUT2D eigenvalue weighted by atomic mass is 10.0. The number of nitrogens with two attached hydrogens (primary N) is 1. The Labute approximate surface area is 77.0 Å². The van der Waals surface area contributed by atoms with Gasteiger partial charge in [0.2, 0.25) is 0 Å². The van der Waals surface area contributed by atoms with Crippen molar-refractivity contribution in [3.8, 4) is 0 Å². The van der Waals surface area contributed by atoms with Crippen molar-refractivity contribution in [2.24, 2.45) is 12.8 Å². The van der Waals surface area contributed by atoms with Crippen molar-refractivity contribution in [2.45, 2.75) is 12.5 Å². The molecule has 4 nitrogen and oxygen atoms in total. The van der Waals surface area contributed by atoms with Crippen molar-refractivity contribution >= 4 is 0 Å². The third kappa shape index (κ3) is 1.45. The van der Waals surface area contributed by atoms with E-state index >= 15 is 0 Å². The summed E-state index contributed by atoms with van der Waals surface area (Å²) < 4.78 is 6.94. The summed E-state index contributed by atoms with van der Waals surface area (Å²) in [6, 6.07) is 1.86. The summed E-state index contributed by atoms with van der Waals surface area (Å²) in [5.41, 5.74) is 8.20. The summed E-state index contributed by atoms with van der Waals surface area (Å²) in [7, 11) is 1.89. The van der Waals surface area contributed by atoms with Gasteiger partial charge in [0.25, 0.3) is 0 Å². The molecular weight excluding hydrogens is 166 g/mol. The predicted octanol–water partition coefficient (Wildman–Crippen LogP) is 0.724. The molecule has 2 rings (SSSR count). The van der Waals surface area contributed by atoms with Gasteiger partial charge in [0.1, 0.15) is 0 Å². The van der Waals surface area contributed by atoms with Crippen molar-refractivity contribution in [3.05, 3.63) is 29.8 Å². The largest absolute Gasteiger partial charge is 0.501 e. The quantitative estimate of drug-likeness (QED) is 0.728. The third-order valence-electron chi connectivity index (χ3n) is 2.32. The van der Waals surface area contributed by atoms with Crippen LogP contribution in [0.1, 0.15) is 18.2 Å². The lowest BCUT2D eigenvalue weighted by Crippen LogP contribution is -2.16. The number of hydrogen-bond donors (Lipinski definition) is 1. The minimum atomic E-state index is -0.0741. The van der Waals surface area contributed by atoms with Crippen LogP contribution in [0.25, 0.3) is 0 Å². The van der Waals surface area contributed by atoms with Gasteiger partial charge in [-0.1, -0.05) is 0 Å². The van der Waals surface area contributed by atoms with Gasteiger partial charge in [-0.05, 0) is 11.6 Å². The second kappa shape index (κ2) is 3.22. The average molecular weight is 179 g/mol. The molecule has 1 unspecified atom stereocenters. The van der Waals surface area contributed by atoms with Crippen molar-refractivity contribution < 1.29 is 4.74 Å². The molecule has 0 bridgehead atoms. The van der Waals surface area contributed by atoms with Crippen LogP contribution in [0.3, 0.4) is 0 Å². The summed E-state index contributed by atoms with van der Waals surface area (Å²) in [4.78, 5) is 0. The topological polar surface area (TPSA) is 53.1 Å². The second-order valence-corrected chi connectivity index (χ2v) is 3.17. The first kappa shape index (κ1) is 8.31. The second-order valence-electron chi connectivity index (χ2n) is 3.17. The van der Waals surface area contributed by atoms with Crippen LogP contribution in [0, 0.1) is 0 Å². The summed E-state index contributed by atoms with van der Waals surface area (Å²) in [5.74, 6) is 0. The normalized spacial score (nSPS) is 18.2. The first-order valence-electron chi connectivity index (χ1n) is 4.33. The highest BCUT2D eigenvalue weighted by molar-refractivity contribution is 5.21. The molecule has 0 saturated heterocycles. The molecule has 0 spiro atoms. The molecule has 1 aromatic heterocycles. The number of nitrogens with zero attached hydrogens (tertiary/aromatic N) is 2. The van der Waals surface area contributed by atoms with Gasteiger partial charge in [-0.2, -0.15) is 5.10 Å². The predicted molar refractivity (Wildman–Crippen MR) is 48.8 cm³/mol. The highest BCUT2D eigenvalue weighted by Crippen LogP contribution is 2.24. The summed E-state index contributed by atoms with van der Waals surface area (Å²) in [6.45, 7) is 0.751. The molecule has 2 N–H and O–H groups in total. The molecule has 70 valence electrons. The van der Waals surface area contributed by atoms with E-state index < -0.39 is 0 Å². The van der Waals surface area contributed by atoms with Crippen LogP contribution < -0.4 is 5.73 Å². The smallest absolute Gasteiger partial charge is 0.0912 e. The molecule has 0 aliphatic carbocycles. The SMILES string of the molecule is Cn1nccc1C(N)C1=COCC1. The van der Waals surface area contributed by atoms with Crippen molar-refractivity contribution in [2.75, 3.05) is 6.61 Å². The van der Waals surface area contributed by atoms with E-state index in [1.165, 1.54) is 0 Å². The zero-order chi connectivity index (χ0) is 9.26. The maximum absolute atomic E-state index is 6.04. The minimum absolute atomic E-state index is 0.0741. The first-order chi connectivity index (χ1) is 6.29. The molecule has 0 amide bonds. The van der Waals surface area contributed by atoms with E-state index in [-0.39, 0.29) is 6.04 Å². The number of aromatic nitrogens is 2. The first-order valence-corrected chi connectivity index (χ1v) is 4.33. The van der Waals surface area contributed by atoms with Crippen LogP contribution in [0.4, 0.5) is 0 Å². The molecular formula is C9H13N3O. The van der Waals surface area contributed by atoms with E-state index in [1.54, 1.807) is 17.1 Å². The fraction of sp³-hybridized carbons (Fsp3) is 0.444. The van der Waals surface area contributed by atoms with E-state index in [0.717, 1.165) is 24.3 Å². The van der Waals surface area contributed by atoms with Gasteiger partial charge in [0, 0.05) is 19.7 Å². The highest BCUT2D eigenvalue weighted by atomic mass is 16.5. The van der Waals surface area contributed by atoms with Crippen LogP contribution in [-0.2, 0) is 11.8 Å². The van der Waals surface area contributed by atoms with Gasteiger partial charge in [-0.3, -0.25) is 4.68 Å². The number of hydrogen-bond acceptors (Lipinski definition) is 3. The highest BCUT2D eigenvalue weighted by Gasteiger charge is 2.18. The molecule has 1 aliphatic heterocycles. The summed E-state index contributed by atoms with van der Waals surface area (Å²) in [5, 5.41) is 4.08. The molecule has 1 aliphatic rings. The summed E-state index contributed by atoms with van der Waals surface area (Å²) >= 11 is 0. The van der Waals surface area contributed by atoms with Crippen LogP contribution in [0.15, 0.2) is 24.1 Å². The van der Waals surface area contributed by atoms with Crippen molar-refractivity contribution in [1.82, 2.24) is 9.78 Å². The van der Waals surface area contributed by atoms with Gasteiger partial charge in [-0.15, -0.1) is 0 Å². The lowest BCUT2D eigenvalue weighted by Gasteiger charge is -2.11. The standard InChI is InChI=1S/C9H13N3O/c1-12-8(2-4-11-12)9(10)7-3-5-13-6-7/h2,4,6,9H,3,5,10H2,1H3. The number of aryl methyl sites for hydroxylation is 1. The van der Waals surface area contributed by atoms with E-state index in [1.807, 2.05) is 13.1 Å². The Hall–Kier alpha value is -1.29. The lowest BCUT2D eigenvalue weighted by molar-refractivity contribution is 0.281. The molecule has 2 heterocycles. The molecule has 0 saturated carbocycles. The van der Waals surface area contributed by atoms with Crippen molar-refractivity contribution in [3.63, 3.8) is 0 Å². The fourth-order valence-electron chi connectivity index (χ4n) is 1.51. The molecule has 0 fully saturated rings. The molecule has 1 aromatic rings. The fourth-order valence-corrected chi connectivity index (χ4v) is 1.51. The van der Waals surface area contributed by atoms with Gasteiger partial charge in [-0.25, -0.2) is 0 Å². The van der Waals surface area contributed by atoms with Gasteiger partial charge in [0.05, 0.1) is 24.6 Å². The zero-order valence-electron chi connectivity index (χ0n) is 7.60. The molecule has 0 radical (unpaired) electrons. The van der Waals surface area contributed by atoms with Crippen LogP contribution in [-0.4, -0.2) is 16.4 Å². The molecule has 0 aromatic carbocycles. The maximum Gasteiger partial charge on any atom is 0.0912 e. The monoisotopic (exact) mass is 179 g/mol. The van der Waals surface area contributed by atoms with Gasteiger partial charge >= 0.3 is 0 Å². The zero-order valence-corrected chi connectivity index (χ0v) is 7.60. The Morgan fingerprint density at radius 2 is 2.54 bits per heavy atom. The third-order valence-corrected chi connectivity index (χ3v) is 2.32. The minimum Gasteiger partial charge on any atom is -0.501 e. The van der Waals surface area contributed by atoms with Crippen LogP contribution >= 0.6 is 0 Å². The van der Waals surface area contributed by atoms with E-state index in [4.69, 9.17) is 10.5 Å². The van der Waals surface area contributed by atoms with Gasteiger partial charge in [0.15, 0.2) is 0 Å². The van der Waals surface area contributed by atoms with E-state index in [2.05, 4.69) is 5.10 Å². The molecule has 1 atom stereocenters. The maximum atomic E-state index is 6.04. The Morgan fingerprint density at radius 1 is 1.69 bits per heavy atom. The van der Waals surface area contributed by atoms with Gasteiger partial charge < -0.3 is 10.5 Å². The van der Waals surface area contributed by atoms with Crippen molar-refractivity contribution in [1.29, 1.82) is 0 Å². The van der Waals surface area contributed by atoms with E-state index in [9.17, 15) is 0 Å². The Kier molecular flexibility index (Phi) is 2.06. The van der Waals surface area contributed by atoms with E-state index in [0.29, 0.717) is 0 Å². The molecule has 4 heteroatoms. The number of rotatable bonds is 2. The summed E-state index contributed by atoms with van der Waals surface area (Å²) in [6.07, 6.45) is 4.44. The average Bonchev–Trinajstić information content (AvgIpc) is 2.72. The Morgan fingerprint density at radius 3 is 3.08 bits per heavy atom. The van der Waals surface area contributed by atoms with Crippen LogP contribution in [0.5, 0.6) is 0 Å². The number of ether oxygens (including phenoxy) is 1. The Balaban J connectivity index is 2.21. The van der Waals surface area contributed by atoms with Crippen LogP contribution in [0.2, 0.25) is 0 Å². The Bertz CT molecular complexity index is 329.